The van der Waals surface area contributed by atoms with Gasteiger partial charge >= 0.3 is 0 Å². The van der Waals surface area contributed by atoms with Crippen molar-refractivity contribution in [2.45, 2.75) is 13.3 Å². The molecule has 4 heterocycles. The van der Waals surface area contributed by atoms with Crippen LogP contribution in [0.1, 0.15) is 13.3 Å². The highest BCUT2D eigenvalue weighted by Gasteiger charge is 2.19. The van der Waals surface area contributed by atoms with Crippen LogP contribution in [-0.2, 0) is 9.53 Å². The summed E-state index contributed by atoms with van der Waals surface area (Å²) in [7, 11) is 0. The van der Waals surface area contributed by atoms with E-state index >= 15 is 0 Å². The number of hydrogen-bond donors (Lipinski definition) is 2. The molecule has 1 amide bonds. The third-order valence-electron chi connectivity index (χ3n) is 6.25. The average molecular weight is 479 g/mol. The summed E-state index contributed by atoms with van der Waals surface area (Å²) in [4.78, 5) is 31.2. The van der Waals surface area contributed by atoms with Crippen LogP contribution in [0.5, 0.6) is 0 Å². The Morgan fingerprint density at radius 3 is 2.51 bits per heavy atom. The van der Waals surface area contributed by atoms with Gasteiger partial charge in [0.25, 0.3) is 0 Å². The van der Waals surface area contributed by atoms with Crippen LogP contribution in [0.4, 0.5) is 29.1 Å². The maximum absolute atomic E-state index is 11.7. The third-order valence-corrected chi connectivity index (χ3v) is 6.25. The van der Waals surface area contributed by atoms with Crippen molar-refractivity contribution >= 4 is 35.0 Å². The van der Waals surface area contributed by atoms with Crippen LogP contribution in [-0.4, -0.2) is 88.0 Å². The highest BCUT2D eigenvalue weighted by molar-refractivity contribution is 5.73. The summed E-state index contributed by atoms with van der Waals surface area (Å²) in [5.74, 6) is 2.00. The molecule has 0 unspecified atom stereocenters. The van der Waals surface area contributed by atoms with E-state index in [0.29, 0.717) is 24.9 Å². The number of hydrogen-bond acceptors (Lipinski definition) is 10. The molecule has 2 aliphatic rings. The standard InChI is InChI=1S/C23H30N10O2/c1-17(34)30-7-2-8-32(10-9-30)20-15-21(26-16-25-20)33-22(24)28-23(29-33)27-18-3-5-19(6-4-18)31-11-13-35-14-12-31/h3-6,15-16H,2,7-14H2,1H3,(H3,24,27,28,29). The molecule has 12 heteroatoms. The van der Waals surface area contributed by atoms with Crippen LogP contribution in [0, 0.1) is 0 Å². The van der Waals surface area contributed by atoms with Crippen LogP contribution in [0.3, 0.4) is 0 Å². The van der Waals surface area contributed by atoms with Crippen molar-refractivity contribution in [3.63, 3.8) is 0 Å². The predicted octanol–water partition coefficient (Wildman–Crippen LogP) is 1.28. The monoisotopic (exact) mass is 478 g/mol. The Morgan fingerprint density at radius 1 is 0.971 bits per heavy atom. The fraction of sp³-hybridized carbons (Fsp3) is 0.435. The van der Waals surface area contributed by atoms with Gasteiger partial charge in [-0.1, -0.05) is 0 Å². The molecule has 3 N–H and O–H groups in total. The van der Waals surface area contributed by atoms with Crippen molar-refractivity contribution in [1.29, 1.82) is 0 Å². The molecular formula is C23H30N10O2. The lowest BCUT2D eigenvalue weighted by molar-refractivity contribution is -0.128. The van der Waals surface area contributed by atoms with Gasteiger partial charge in [-0.3, -0.25) is 4.79 Å². The molecule has 2 aromatic heterocycles. The summed E-state index contributed by atoms with van der Waals surface area (Å²) < 4.78 is 6.92. The zero-order chi connectivity index (χ0) is 24.2. The molecule has 35 heavy (non-hydrogen) atoms. The lowest BCUT2D eigenvalue weighted by atomic mass is 10.2. The first-order valence-electron chi connectivity index (χ1n) is 11.8. The number of rotatable bonds is 5. The second-order valence-corrected chi connectivity index (χ2v) is 8.56. The van der Waals surface area contributed by atoms with Gasteiger partial charge in [-0.05, 0) is 30.7 Å². The summed E-state index contributed by atoms with van der Waals surface area (Å²) in [6.45, 7) is 7.82. The topological polar surface area (TPSA) is 131 Å². The van der Waals surface area contributed by atoms with Crippen LogP contribution >= 0.6 is 0 Å². The lowest BCUT2D eigenvalue weighted by Gasteiger charge is -2.28. The highest BCUT2D eigenvalue weighted by atomic mass is 16.5. The number of nitrogens with one attached hydrogen (secondary N) is 1. The van der Waals surface area contributed by atoms with E-state index in [2.05, 4.69) is 47.3 Å². The molecular weight excluding hydrogens is 448 g/mol. The molecule has 1 aromatic carbocycles. The first-order chi connectivity index (χ1) is 17.1. The molecule has 0 bridgehead atoms. The third kappa shape index (κ3) is 5.27. The van der Waals surface area contributed by atoms with Gasteiger partial charge in [-0.2, -0.15) is 9.67 Å². The van der Waals surface area contributed by atoms with Crippen LogP contribution in [0.25, 0.3) is 5.82 Å². The maximum atomic E-state index is 11.7. The van der Waals surface area contributed by atoms with Crippen LogP contribution < -0.4 is 20.9 Å². The van der Waals surface area contributed by atoms with Gasteiger partial charge in [-0.15, -0.1) is 5.10 Å². The van der Waals surface area contributed by atoms with Gasteiger partial charge in [0, 0.05) is 63.6 Å². The van der Waals surface area contributed by atoms with E-state index in [1.54, 1.807) is 6.92 Å². The van der Waals surface area contributed by atoms with Crippen molar-refractivity contribution in [2.24, 2.45) is 0 Å². The number of morpholine rings is 1. The fourth-order valence-corrected chi connectivity index (χ4v) is 4.34. The fourth-order valence-electron chi connectivity index (χ4n) is 4.34. The van der Waals surface area contributed by atoms with Gasteiger partial charge in [0.1, 0.15) is 12.1 Å². The summed E-state index contributed by atoms with van der Waals surface area (Å²) in [5.41, 5.74) is 8.19. The van der Waals surface area contributed by atoms with Crippen molar-refractivity contribution in [2.75, 3.05) is 73.3 Å². The van der Waals surface area contributed by atoms with E-state index in [4.69, 9.17) is 10.5 Å². The van der Waals surface area contributed by atoms with Gasteiger partial charge in [0.15, 0.2) is 5.82 Å². The van der Waals surface area contributed by atoms with Crippen molar-refractivity contribution in [1.82, 2.24) is 29.6 Å². The maximum Gasteiger partial charge on any atom is 0.248 e. The second-order valence-electron chi connectivity index (χ2n) is 8.56. The van der Waals surface area contributed by atoms with E-state index in [-0.39, 0.29) is 11.9 Å². The van der Waals surface area contributed by atoms with Gasteiger partial charge in [0.2, 0.25) is 17.8 Å². The van der Waals surface area contributed by atoms with Gasteiger partial charge in [-0.25, -0.2) is 9.97 Å². The van der Waals surface area contributed by atoms with Gasteiger partial charge < -0.3 is 30.5 Å². The molecule has 5 rings (SSSR count). The first kappa shape index (κ1) is 22.8. The molecule has 0 saturated carbocycles. The minimum absolute atomic E-state index is 0.0985. The number of carbonyl (C=O) groups excluding carboxylic acids is 1. The number of anilines is 5. The number of aromatic nitrogens is 5. The van der Waals surface area contributed by atoms with Gasteiger partial charge in [0.05, 0.1) is 13.2 Å². The number of nitrogens with zero attached hydrogens (tertiary/aromatic N) is 8. The molecule has 12 nitrogen and oxygen atoms in total. The number of nitrogens with two attached hydrogens (primary N) is 1. The number of benzene rings is 1. The molecule has 0 radical (unpaired) electrons. The van der Waals surface area contributed by atoms with Crippen LogP contribution in [0.2, 0.25) is 0 Å². The molecule has 0 aliphatic carbocycles. The number of ether oxygens (including phenoxy) is 1. The van der Waals surface area contributed by atoms with Crippen molar-refractivity contribution < 1.29 is 9.53 Å². The Labute approximate surface area is 203 Å². The molecule has 2 saturated heterocycles. The second kappa shape index (κ2) is 10.1. The quantitative estimate of drug-likeness (QED) is 0.553. The largest absolute Gasteiger partial charge is 0.378 e. The zero-order valence-electron chi connectivity index (χ0n) is 19.8. The highest BCUT2D eigenvalue weighted by Crippen LogP contribution is 2.23. The zero-order valence-corrected chi connectivity index (χ0v) is 19.8. The van der Waals surface area contributed by atoms with Crippen molar-refractivity contribution in [3.05, 3.63) is 36.7 Å². The minimum atomic E-state index is 0.0985. The van der Waals surface area contributed by atoms with Crippen molar-refractivity contribution in [3.8, 4) is 5.82 Å². The summed E-state index contributed by atoms with van der Waals surface area (Å²) >= 11 is 0. The van der Waals surface area contributed by atoms with E-state index in [9.17, 15) is 4.79 Å². The Balaban J connectivity index is 1.28. The molecule has 2 fully saturated rings. The Kier molecular flexibility index (Phi) is 6.62. The average Bonchev–Trinajstić information content (AvgIpc) is 3.08. The minimum Gasteiger partial charge on any atom is -0.378 e. The smallest absolute Gasteiger partial charge is 0.248 e. The molecule has 0 spiro atoms. The Morgan fingerprint density at radius 2 is 1.74 bits per heavy atom. The van der Waals surface area contributed by atoms with E-state index < -0.39 is 0 Å². The molecule has 0 atom stereocenters. The van der Waals surface area contributed by atoms with E-state index in [1.807, 2.05) is 23.1 Å². The molecule has 2 aliphatic heterocycles. The summed E-state index contributed by atoms with van der Waals surface area (Å²) in [6.07, 6.45) is 2.37. The van der Waals surface area contributed by atoms with Crippen LogP contribution in [0.15, 0.2) is 36.7 Å². The normalized spacial score (nSPS) is 16.8. The number of carbonyl (C=O) groups is 1. The number of amides is 1. The Bertz CT molecular complexity index is 1160. The first-order valence-corrected chi connectivity index (χ1v) is 11.8. The van der Waals surface area contributed by atoms with E-state index in [0.717, 1.165) is 63.0 Å². The summed E-state index contributed by atoms with van der Waals surface area (Å²) in [5, 5.41) is 7.72. The SMILES string of the molecule is CC(=O)N1CCCN(c2cc(-n3nc(Nc4ccc(N5CCOCC5)cc4)nc3N)ncn2)CC1. The molecule has 3 aromatic rings. The number of nitrogen functional groups attached to an aromatic ring is 1. The predicted molar refractivity (Wildman–Crippen MR) is 133 cm³/mol. The van der Waals surface area contributed by atoms with E-state index in [1.165, 1.54) is 11.0 Å². The summed E-state index contributed by atoms with van der Waals surface area (Å²) in [6, 6.07) is 9.97. The molecule has 184 valence electrons. The lowest BCUT2D eigenvalue weighted by Crippen LogP contribution is -2.36. The Hall–Kier alpha value is -3.93.